The summed E-state index contributed by atoms with van der Waals surface area (Å²) in [5, 5.41) is 6.13. The third-order valence-electron chi connectivity index (χ3n) is 5.39. The number of hydrogen-bond acceptors (Lipinski definition) is 4. The van der Waals surface area contributed by atoms with Crippen LogP contribution >= 0.6 is 23.2 Å². The predicted molar refractivity (Wildman–Crippen MR) is 136 cm³/mol. The number of para-hydroxylation sites is 2. The zero-order valence-electron chi connectivity index (χ0n) is 17.7. The first-order valence-electron chi connectivity index (χ1n) is 10.4. The minimum atomic E-state index is -0.345. The zero-order valence-corrected chi connectivity index (χ0v) is 19.2. The maximum atomic E-state index is 12.8. The van der Waals surface area contributed by atoms with Gasteiger partial charge in [-0.2, -0.15) is 5.10 Å². The first kappa shape index (κ1) is 21.9. The number of nitrogens with zero attached hydrogens (tertiary/aromatic N) is 2. The maximum absolute atomic E-state index is 12.8. The lowest BCUT2D eigenvalue weighted by Crippen LogP contribution is -2.25. The molecular formula is C26H17Cl2N3O3. The van der Waals surface area contributed by atoms with Crippen molar-refractivity contribution in [2.45, 2.75) is 6.54 Å². The summed E-state index contributed by atoms with van der Waals surface area (Å²) >= 11 is 12.2. The summed E-state index contributed by atoms with van der Waals surface area (Å²) in [7, 11) is 0. The summed E-state index contributed by atoms with van der Waals surface area (Å²) < 4.78 is 7.56. The highest BCUT2D eigenvalue weighted by Gasteiger charge is 2.13. The minimum absolute atomic E-state index is 0.0115. The van der Waals surface area contributed by atoms with Gasteiger partial charge in [0.25, 0.3) is 5.91 Å². The Balaban J connectivity index is 1.36. The second-order valence-corrected chi connectivity index (χ2v) is 8.41. The largest absolute Gasteiger partial charge is 0.455 e. The fraction of sp³-hybridized carbons (Fsp3) is 0.0385. The monoisotopic (exact) mass is 489 g/mol. The van der Waals surface area contributed by atoms with Crippen LogP contribution in [0.3, 0.4) is 0 Å². The van der Waals surface area contributed by atoms with Crippen LogP contribution in [0.5, 0.6) is 0 Å². The Hall–Kier alpha value is -3.87. The molecule has 0 aliphatic heterocycles. The van der Waals surface area contributed by atoms with E-state index in [2.05, 4.69) is 10.5 Å². The standard InChI is InChI=1S/C26H17Cl2N3O3/c27-16-9-11-18(21(28)13-16)24-12-10-17(34-24)14-29-30-25(32)15-31-22-7-3-1-5-19(22)26(33)20-6-2-4-8-23(20)31/h1-14H,15H2,(H,30,32). The Kier molecular flexibility index (Phi) is 5.92. The van der Waals surface area contributed by atoms with Crippen LogP contribution in [0.15, 0.2) is 93.2 Å². The molecule has 8 heteroatoms. The number of carbonyl (C=O) groups excluding carboxylic acids is 1. The number of rotatable bonds is 5. The number of benzene rings is 3. The van der Waals surface area contributed by atoms with E-state index >= 15 is 0 Å². The Morgan fingerprint density at radius 3 is 2.29 bits per heavy atom. The highest BCUT2D eigenvalue weighted by atomic mass is 35.5. The molecule has 6 nitrogen and oxygen atoms in total. The molecule has 0 atom stereocenters. The summed E-state index contributed by atoms with van der Waals surface area (Å²) in [6, 6.07) is 23.1. The zero-order chi connectivity index (χ0) is 23.7. The summed E-state index contributed by atoms with van der Waals surface area (Å²) in [6.45, 7) is -0.0115. The minimum Gasteiger partial charge on any atom is -0.455 e. The van der Waals surface area contributed by atoms with Gasteiger partial charge in [-0.05, 0) is 54.6 Å². The van der Waals surface area contributed by atoms with Gasteiger partial charge < -0.3 is 8.98 Å². The van der Waals surface area contributed by atoms with E-state index in [4.69, 9.17) is 27.6 Å². The van der Waals surface area contributed by atoms with Gasteiger partial charge in [-0.15, -0.1) is 0 Å². The average Bonchev–Trinajstić information content (AvgIpc) is 3.30. The van der Waals surface area contributed by atoms with E-state index in [1.54, 1.807) is 42.5 Å². The highest BCUT2D eigenvalue weighted by Crippen LogP contribution is 2.31. The highest BCUT2D eigenvalue weighted by molar-refractivity contribution is 6.36. The van der Waals surface area contributed by atoms with Crippen molar-refractivity contribution >= 4 is 57.1 Å². The predicted octanol–water partition coefficient (Wildman–Crippen LogP) is 5.87. The molecule has 5 rings (SSSR count). The van der Waals surface area contributed by atoms with Crippen LogP contribution in [0.4, 0.5) is 0 Å². The number of nitrogens with one attached hydrogen (secondary N) is 1. The van der Waals surface area contributed by atoms with Gasteiger partial charge in [0.2, 0.25) is 0 Å². The van der Waals surface area contributed by atoms with Crippen LogP contribution in [-0.2, 0) is 11.3 Å². The molecule has 0 unspecified atom stereocenters. The molecule has 168 valence electrons. The van der Waals surface area contributed by atoms with Crippen molar-refractivity contribution < 1.29 is 9.21 Å². The number of carbonyl (C=O) groups is 1. The quantitative estimate of drug-likeness (QED) is 0.190. The fourth-order valence-corrected chi connectivity index (χ4v) is 4.35. The van der Waals surface area contributed by atoms with Crippen molar-refractivity contribution in [2.24, 2.45) is 5.10 Å². The third kappa shape index (κ3) is 4.21. The van der Waals surface area contributed by atoms with Crippen LogP contribution in [0.2, 0.25) is 10.0 Å². The second-order valence-electron chi connectivity index (χ2n) is 7.57. The topological polar surface area (TPSA) is 76.6 Å². The van der Waals surface area contributed by atoms with Crippen molar-refractivity contribution in [1.29, 1.82) is 0 Å². The number of fused-ring (bicyclic) bond motifs is 2. The smallest absolute Gasteiger partial charge is 0.260 e. The van der Waals surface area contributed by atoms with Gasteiger partial charge in [0.1, 0.15) is 18.1 Å². The molecule has 5 aromatic rings. The third-order valence-corrected chi connectivity index (χ3v) is 5.93. The summed E-state index contributed by atoms with van der Waals surface area (Å²) in [5.41, 5.74) is 4.52. The molecule has 0 bridgehead atoms. The number of hydrogen-bond donors (Lipinski definition) is 1. The van der Waals surface area contributed by atoms with Gasteiger partial charge in [-0.3, -0.25) is 9.59 Å². The molecule has 0 spiro atoms. The Morgan fingerprint density at radius 2 is 1.62 bits per heavy atom. The lowest BCUT2D eigenvalue weighted by Gasteiger charge is -2.14. The first-order valence-corrected chi connectivity index (χ1v) is 11.1. The maximum Gasteiger partial charge on any atom is 0.260 e. The molecular weight excluding hydrogens is 473 g/mol. The summed E-state index contributed by atoms with van der Waals surface area (Å²) in [4.78, 5) is 25.5. The van der Waals surface area contributed by atoms with E-state index < -0.39 is 0 Å². The van der Waals surface area contributed by atoms with Gasteiger partial charge in [-0.1, -0.05) is 47.5 Å². The fourth-order valence-electron chi connectivity index (χ4n) is 3.85. The van der Waals surface area contributed by atoms with E-state index in [-0.39, 0.29) is 17.9 Å². The van der Waals surface area contributed by atoms with Crippen molar-refractivity contribution in [2.75, 3.05) is 0 Å². The Labute approximate surface area is 204 Å². The van der Waals surface area contributed by atoms with E-state index in [0.717, 1.165) is 0 Å². The number of aromatic nitrogens is 1. The molecule has 2 heterocycles. The number of hydrazone groups is 1. The number of halogens is 2. The summed E-state index contributed by atoms with van der Waals surface area (Å²) in [6.07, 6.45) is 1.41. The normalized spacial score (nSPS) is 11.5. The lowest BCUT2D eigenvalue weighted by molar-refractivity contribution is -0.121. The SMILES string of the molecule is O=C(Cn1c2ccccc2c(=O)c2ccccc21)NN=Cc1ccc(-c2ccc(Cl)cc2Cl)o1. The van der Waals surface area contributed by atoms with Crippen LogP contribution in [0.1, 0.15) is 5.76 Å². The van der Waals surface area contributed by atoms with Crippen LogP contribution in [0, 0.1) is 0 Å². The van der Waals surface area contributed by atoms with Gasteiger partial charge in [0, 0.05) is 21.4 Å². The molecule has 0 fully saturated rings. The van der Waals surface area contributed by atoms with Crippen LogP contribution in [0.25, 0.3) is 33.1 Å². The van der Waals surface area contributed by atoms with Crippen molar-refractivity contribution in [1.82, 2.24) is 9.99 Å². The number of furan rings is 1. The van der Waals surface area contributed by atoms with Crippen molar-refractivity contribution in [3.05, 3.63) is 105 Å². The van der Waals surface area contributed by atoms with Crippen molar-refractivity contribution in [3.63, 3.8) is 0 Å². The van der Waals surface area contributed by atoms with Crippen LogP contribution in [-0.4, -0.2) is 16.7 Å². The molecule has 0 radical (unpaired) electrons. The van der Waals surface area contributed by atoms with Crippen LogP contribution < -0.4 is 10.9 Å². The first-order chi connectivity index (χ1) is 16.5. The van der Waals surface area contributed by atoms with Gasteiger partial charge in [-0.25, -0.2) is 5.43 Å². The Morgan fingerprint density at radius 1 is 0.941 bits per heavy atom. The van der Waals surface area contributed by atoms with Gasteiger partial charge in [0.05, 0.1) is 22.3 Å². The van der Waals surface area contributed by atoms with Gasteiger partial charge in [0.15, 0.2) is 5.43 Å². The molecule has 0 saturated carbocycles. The van der Waals surface area contributed by atoms with Gasteiger partial charge >= 0.3 is 0 Å². The molecule has 0 aliphatic carbocycles. The average molecular weight is 490 g/mol. The lowest BCUT2D eigenvalue weighted by atomic mass is 10.1. The molecule has 0 aliphatic rings. The molecule has 1 amide bonds. The molecule has 34 heavy (non-hydrogen) atoms. The van der Waals surface area contributed by atoms with E-state index in [0.29, 0.717) is 48.9 Å². The second kappa shape index (κ2) is 9.17. The number of amides is 1. The molecule has 3 aromatic carbocycles. The molecule has 1 N–H and O–H groups in total. The Bertz CT molecular complexity index is 1580. The molecule has 2 aromatic heterocycles. The van der Waals surface area contributed by atoms with E-state index in [1.165, 1.54) is 6.21 Å². The molecule has 0 saturated heterocycles. The number of pyridine rings is 1. The van der Waals surface area contributed by atoms with Crippen molar-refractivity contribution in [3.8, 4) is 11.3 Å². The summed E-state index contributed by atoms with van der Waals surface area (Å²) in [5.74, 6) is 0.656. The van der Waals surface area contributed by atoms with E-state index in [9.17, 15) is 9.59 Å². The van der Waals surface area contributed by atoms with E-state index in [1.807, 2.05) is 41.0 Å².